The van der Waals surface area contributed by atoms with Crippen LogP contribution in [-0.4, -0.2) is 64.1 Å². The fourth-order valence-corrected chi connectivity index (χ4v) is 5.41. The molecule has 2 aliphatic rings. The molecule has 12 nitrogen and oxygen atoms in total. The Morgan fingerprint density at radius 3 is 2.39 bits per heavy atom. The summed E-state index contributed by atoms with van der Waals surface area (Å²) in [7, 11) is 1.28. The molecule has 0 radical (unpaired) electrons. The average Bonchev–Trinajstić information content (AvgIpc) is 2.93. The Bertz CT molecular complexity index is 1310. The molecule has 2 amide bonds. The lowest BCUT2D eigenvalue weighted by atomic mass is 9.97. The van der Waals surface area contributed by atoms with E-state index < -0.39 is 39.8 Å². The average molecular weight is 542 g/mol. The molecule has 38 heavy (non-hydrogen) atoms. The quantitative estimate of drug-likeness (QED) is 0.164. The number of nitrogens with one attached hydrogen (secondary N) is 1. The number of nitro groups is 1. The molecule has 1 unspecified atom stereocenters. The van der Waals surface area contributed by atoms with E-state index in [0.29, 0.717) is 16.7 Å². The number of nitrogens with zero attached hydrogens (tertiary/aromatic N) is 2. The maximum Gasteiger partial charge on any atom is 0.355 e. The first-order valence-corrected chi connectivity index (χ1v) is 12.4. The van der Waals surface area contributed by atoms with Gasteiger partial charge in [-0.25, -0.2) is 4.79 Å². The zero-order valence-corrected chi connectivity index (χ0v) is 21.2. The van der Waals surface area contributed by atoms with Crippen molar-refractivity contribution in [1.82, 2.24) is 10.2 Å². The van der Waals surface area contributed by atoms with Gasteiger partial charge < -0.3 is 19.5 Å². The molecule has 4 rings (SSSR count). The number of thioether (sulfide) groups is 1. The minimum absolute atomic E-state index is 0.108. The van der Waals surface area contributed by atoms with Crippen LogP contribution in [0.3, 0.4) is 0 Å². The van der Waals surface area contributed by atoms with Gasteiger partial charge in [-0.15, -0.1) is 11.8 Å². The number of carbonyl (C=O) groups excluding carboxylic acids is 4. The first-order valence-electron chi connectivity index (χ1n) is 11.3. The number of fused-ring (bicyclic) bond motifs is 1. The van der Waals surface area contributed by atoms with Crippen molar-refractivity contribution in [2.75, 3.05) is 19.5 Å². The van der Waals surface area contributed by atoms with Crippen molar-refractivity contribution in [2.45, 2.75) is 24.6 Å². The van der Waals surface area contributed by atoms with Crippen LogP contribution in [0, 0.1) is 10.1 Å². The van der Waals surface area contributed by atoms with Crippen LogP contribution in [-0.2, 0) is 35.2 Å². The van der Waals surface area contributed by atoms with Crippen LogP contribution in [0.2, 0.25) is 0 Å². The number of carbonyl (C=O) groups is 4. The van der Waals surface area contributed by atoms with Crippen LogP contribution in [0.15, 0.2) is 65.9 Å². The second-order valence-corrected chi connectivity index (χ2v) is 9.40. The summed E-state index contributed by atoms with van der Waals surface area (Å²) in [5.74, 6) is -2.46. The molecule has 0 spiro atoms. The molecule has 0 aliphatic carbocycles. The number of ether oxygens (including phenoxy) is 3. The Labute approximate surface area is 221 Å². The van der Waals surface area contributed by atoms with Crippen LogP contribution in [0.4, 0.5) is 5.69 Å². The van der Waals surface area contributed by atoms with Crippen LogP contribution in [0.25, 0.3) is 0 Å². The molecule has 1 N–H and O–H groups in total. The molecular formula is C25H23N3O9S. The lowest BCUT2D eigenvalue weighted by Gasteiger charge is -2.55. The smallest absolute Gasteiger partial charge is 0.355 e. The van der Waals surface area contributed by atoms with Gasteiger partial charge in [-0.1, -0.05) is 18.2 Å². The molecule has 13 heteroatoms. The fraction of sp³-hybridized carbons (Fsp3) is 0.280. The molecule has 0 bridgehead atoms. The Kier molecular flexibility index (Phi) is 7.78. The van der Waals surface area contributed by atoms with E-state index in [1.165, 1.54) is 55.0 Å². The largest absolute Gasteiger partial charge is 0.461 e. The van der Waals surface area contributed by atoms with Gasteiger partial charge in [0.05, 0.1) is 4.92 Å². The number of non-ortho nitro benzene ring substituents is 1. The Morgan fingerprint density at radius 2 is 1.79 bits per heavy atom. The van der Waals surface area contributed by atoms with Gasteiger partial charge in [-0.2, -0.15) is 0 Å². The van der Waals surface area contributed by atoms with Crippen LogP contribution in [0.1, 0.15) is 22.8 Å². The van der Waals surface area contributed by atoms with E-state index in [1.807, 2.05) is 0 Å². The number of hydrogen-bond donors (Lipinski definition) is 1. The molecule has 1 fully saturated rings. The Morgan fingerprint density at radius 1 is 1.11 bits per heavy atom. The van der Waals surface area contributed by atoms with Gasteiger partial charge in [0.2, 0.25) is 0 Å². The number of benzene rings is 2. The van der Waals surface area contributed by atoms with E-state index in [-0.39, 0.29) is 30.4 Å². The van der Waals surface area contributed by atoms with Crippen molar-refractivity contribution >= 4 is 41.2 Å². The predicted molar refractivity (Wildman–Crippen MR) is 133 cm³/mol. The summed E-state index contributed by atoms with van der Waals surface area (Å²) in [6.07, 6.45) is 0. The van der Waals surface area contributed by atoms with Crippen LogP contribution >= 0.6 is 11.8 Å². The van der Waals surface area contributed by atoms with Gasteiger partial charge in [0.15, 0.2) is 0 Å². The molecule has 2 atom stereocenters. The monoisotopic (exact) mass is 541 g/mol. The Hall–Kier alpha value is -4.23. The molecular weight excluding hydrogens is 518 g/mol. The topological polar surface area (TPSA) is 154 Å². The maximum absolute atomic E-state index is 13.4. The minimum Gasteiger partial charge on any atom is -0.461 e. The third-order valence-corrected chi connectivity index (χ3v) is 7.30. The standard InChI is InChI=1S/C25H23N3O9S/c1-15(29)36-13-18-14-38-24-25(35-2,26-21(30)17-6-4-3-5-7-17)23(32)27(24)20(18)22(31)37-12-16-8-10-19(11-9-16)28(33)34/h3-11,24H,12-14H2,1-2H3,(H,26,30)/t24-,25?/m1/s1. The second kappa shape index (κ2) is 11.0. The summed E-state index contributed by atoms with van der Waals surface area (Å²) >= 11 is 1.23. The van der Waals surface area contributed by atoms with Crippen LogP contribution in [0.5, 0.6) is 0 Å². The summed E-state index contributed by atoms with van der Waals surface area (Å²) < 4.78 is 16.0. The first kappa shape index (κ1) is 26.8. The second-order valence-electron chi connectivity index (χ2n) is 8.33. The highest BCUT2D eigenvalue weighted by atomic mass is 32.2. The summed E-state index contributed by atoms with van der Waals surface area (Å²) in [6.45, 7) is 0.758. The maximum atomic E-state index is 13.4. The van der Waals surface area contributed by atoms with Gasteiger partial charge in [-0.05, 0) is 29.8 Å². The van der Waals surface area contributed by atoms with Crippen molar-refractivity contribution in [2.24, 2.45) is 0 Å². The number of esters is 2. The van der Waals surface area contributed by atoms with E-state index in [4.69, 9.17) is 14.2 Å². The Balaban J connectivity index is 1.57. The van der Waals surface area contributed by atoms with Gasteiger partial charge in [-0.3, -0.25) is 29.4 Å². The number of hydrogen-bond acceptors (Lipinski definition) is 10. The van der Waals surface area contributed by atoms with Crippen molar-refractivity contribution in [1.29, 1.82) is 0 Å². The first-order chi connectivity index (χ1) is 18.2. The molecule has 2 aromatic carbocycles. The third-order valence-electron chi connectivity index (χ3n) is 5.93. The number of amides is 2. The number of rotatable bonds is 9. The molecule has 1 saturated heterocycles. The minimum atomic E-state index is -1.73. The zero-order valence-electron chi connectivity index (χ0n) is 20.4. The molecule has 2 heterocycles. The highest BCUT2D eigenvalue weighted by Gasteiger charge is 2.66. The number of β-lactam (4-membered cyclic amide) rings is 1. The molecule has 198 valence electrons. The number of methoxy groups -OCH3 is 1. The van der Waals surface area contributed by atoms with E-state index in [0.717, 1.165) is 0 Å². The molecule has 2 aromatic rings. The van der Waals surface area contributed by atoms with Crippen molar-refractivity contribution in [3.63, 3.8) is 0 Å². The van der Waals surface area contributed by atoms with E-state index in [2.05, 4.69) is 5.32 Å². The van der Waals surface area contributed by atoms with Crippen molar-refractivity contribution in [3.8, 4) is 0 Å². The zero-order chi connectivity index (χ0) is 27.4. The lowest BCUT2D eigenvalue weighted by Crippen LogP contribution is -2.80. The van der Waals surface area contributed by atoms with E-state index in [9.17, 15) is 29.3 Å². The van der Waals surface area contributed by atoms with Gasteiger partial charge in [0.25, 0.3) is 23.2 Å². The van der Waals surface area contributed by atoms with Crippen molar-refractivity contribution in [3.05, 3.63) is 87.1 Å². The highest BCUT2D eigenvalue weighted by molar-refractivity contribution is 8.00. The third kappa shape index (κ3) is 5.10. The van der Waals surface area contributed by atoms with E-state index in [1.54, 1.807) is 30.3 Å². The summed E-state index contributed by atoms with van der Waals surface area (Å²) in [5, 5.41) is 12.7. The van der Waals surface area contributed by atoms with Gasteiger partial charge in [0, 0.05) is 43.1 Å². The highest BCUT2D eigenvalue weighted by Crippen LogP contribution is 2.47. The fourth-order valence-electron chi connectivity index (χ4n) is 3.99. The lowest BCUT2D eigenvalue weighted by molar-refractivity contribution is -0.384. The SMILES string of the molecule is COC1(NC(=O)c2ccccc2)C(=O)N2C(C(=O)OCc3ccc([N+](=O)[O-])cc3)=C(COC(C)=O)CS[C@@H]21. The van der Waals surface area contributed by atoms with Gasteiger partial charge in [0.1, 0.15) is 24.3 Å². The van der Waals surface area contributed by atoms with Gasteiger partial charge >= 0.3 is 11.9 Å². The molecule has 0 aromatic heterocycles. The van der Waals surface area contributed by atoms with Crippen LogP contribution < -0.4 is 5.32 Å². The summed E-state index contributed by atoms with van der Waals surface area (Å²) in [6, 6.07) is 13.7. The van der Waals surface area contributed by atoms with Crippen molar-refractivity contribution < 1.29 is 38.3 Å². The van der Waals surface area contributed by atoms with E-state index >= 15 is 0 Å². The number of nitro benzene ring substituents is 1. The molecule has 2 aliphatic heterocycles. The normalized spacial score (nSPS) is 20.2. The molecule has 0 saturated carbocycles. The summed E-state index contributed by atoms with van der Waals surface area (Å²) in [5.41, 5.74) is -0.785. The summed E-state index contributed by atoms with van der Waals surface area (Å²) in [4.78, 5) is 62.4. The predicted octanol–water partition coefficient (Wildman–Crippen LogP) is 2.14.